The first kappa shape index (κ1) is 13.8. The van der Waals surface area contributed by atoms with E-state index in [1.165, 1.54) is 7.11 Å². The lowest BCUT2D eigenvalue weighted by molar-refractivity contribution is -0.169. The highest BCUT2D eigenvalue weighted by Gasteiger charge is 2.43. The van der Waals surface area contributed by atoms with E-state index in [-0.39, 0.29) is 0 Å². The molecule has 1 saturated heterocycles. The van der Waals surface area contributed by atoms with E-state index in [4.69, 9.17) is 4.74 Å². The number of piperidine rings is 1. The van der Waals surface area contributed by atoms with Crippen LogP contribution in [0.2, 0.25) is 0 Å². The van der Waals surface area contributed by atoms with Crippen molar-refractivity contribution in [2.45, 2.75) is 49.7 Å². The molecule has 0 aromatic rings. The zero-order valence-corrected chi connectivity index (χ0v) is 11.0. The minimum atomic E-state index is -1.02. The van der Waals surface area contributed by atoms with Gasteiger partial charge in [0.1, 0.15) is 0 Å². The molecule has 1 aliphatic carbocycles. The Morgan fingerprint density at radius 2 is 1.78 bits per heavy atom. The monoisotopic (exact) mass is 257 g/mol. The summed E-state index contributed by atoms with van der Waals surface area (Å²) in [6.45, 7) is 2.04. The molecular weight excluding hydrogens is 234 g/mol. The molecule has 1 heterocycles. The number of nitrogens with zero attached hydrogens (tertiary/aromatic N) is 1. The Morgan fingerprint density at radius 3 is 2.22 bits per heavy atom. The number of rotatable bonds is 4. The fourth-order valence-corrected chi connectivity index (χ4v) is 3.19. The lowest BCUT2D eigenvalue weighted by Gasteiger charge is -2.40. The molecule has 0 bridgehead atoms. The quantitative estimate of drug-likeness (QED) is 0.781. The summed E-state index contributed by atoms with van der Waals surface area (Å²) >= 11 is 0. The van der Waals surface area contributed by atoms with Gasteiger partial charge < -0.3 is 19.8 Å². The molecule has 5 heteroatoms. The van der Waals surface area contributed by atoms with Gasteiger partial charge in [0, 0.05) is 26.7 Å². The van der Waals surface area contributed by atoms with Gasteiger partial charge in [-0.15, -0.1) is 0 Å². The van der Waals surface area contributed by atoms with Crippen LogP contribution >= 0.6 is 0 Å². The van der Waals surface area contributed by atoms with Crippen LogP contribution < -0.4 is 0 Å². The molecule has 0 spiro atoms. The van der Waals surface area contributed by atoms with E-state index in [0.717, 1.165) is 25.7 Å². The lowest BCUT2D eigenvalue weighted by Crippen LogP contribution is -2.53. The van der Waals surface area contributed by atoms with Crippen LogP contribution in [0.4, 0.5) is 0 Å². The molecule has 0 aromatic carbocycles. The second-order valence-corrected chi connectivity index (χ2v) is 5.71. The third-order valence-corrected chi connectivity index (χ3v) is 4.50. The summed E-state index contributed by atoms with van der Waals surface area (Å²) in [6.07, 6.45) is 4.93. The number of aliphatic carboxylic acids is 1. The van der Waals surface area contributed by atoms with Crippen molar-refractivity contribution in [3.05, 3.63) is 0 Å². The molecule has 104 valence electrons. The van der Waals surface area contributed by atoms with Gasteiger partial charge >= 0.3 is 5.97 Å². The summed E-state index contributed by atoms with van der Waals surface area (Å²) in [5.74, 6) is -0.871. The normalized spacial score (nSPS) is 27.2. The van der Waals surface area contributed by atoms with Crippen molar-refractivity contribution in [1.82, 2.24) is 4.90 Å². The highest BCUT2D eigenvalue weighted by Crippen LogP contribution is 2.32. The van der Waals surface area contributed by atoms with Crippen molar-refractivity contribution < 1.29 is 19.7 Å². The average molecular weight is 257 g/mol. The highest BCUT2D eigenvalue weighted by molar-refractivity contribution is 5.77. The van der Waals surface area contributed by atoms with Crippen molar-refractivity contribution in [3.8, 4) is 0 Å². The van der Waals surface area contributed by atoms with E-state index in [9.17, 15) is 15.0 Å². The predicted molar refractivity (Wildman–Crippen MR) is 66.5 cm³/mol. The summed E-state index contributed by atoms with van der Waals surface area (Å²) in [7, 11) is 1.47. The average Bonchev–Trinajstić information content (AvgIpc) is 2.77. The molecule has 2 fully saturated rings. The van der Waals surface area contributed by atoms with Gasteiger partial charge in [0.15, 0.2) is 5.60 Å². The molecule has 0 amide bonds. The van der Waals surface area contributed by atoms with Gasteiger partial charge in [0.2, 0.25) is 0 Å². The first-order valence-corrected chi connectivity index (χ1v) is 6.73. The topological polar surface area (TPSA) is 70.0 Å². The number of carboxylic acid groups (broad SMARTS) is 1. The number of ether oxygens (including phenoxy) is 1. The zero-order chi connectivity index (χ0) is 13.2. The van der Waals surface area contributed by atoms with Crippen molar-refractivity contribution in [2.75, 3.05) is 26.7 Å². The Hall–Kier alpha value is -0.650. The Labute approximate surface area is 108 Å². The molecule has 0 atom stereocenters. The fraction of sp³-hybridized carbons (Fsp3) is 0.923. The Balaban J connectivity index is 1.88. The van der Waals surface area contributed by atoms with Crippen LogP contribution in [0.3, 0.4) is 0 Å². The van der Waals surface area contributed by atoms with Gasteiger partial charge in [-0.2, -0.15) is 0 Å². The van der Waals surface area contributed by atoms with Crippen molar-refractivity contribution in [1.29, 1.82) is 0 Å². The van der Waals surface area contributed by atoms with Crippen LogP contribution in [-0.4, -0.2) is 59.0 Å². The molecule has 18 heavy (non-hydrogen) atoms. The number of β-amino-alcohol motifs (C(OH)–C–C–N with tert-alkyl or cyclic N) is 1. The highest BCUT2D eigenvalue weighted by atomic mass is 16.5. The molecular formula is C13H23NO4. The van der Waals surface area contributed by atoms with E-state index in [1.807, 2.05) is 0 Å². The first-order valence-electron chi connectivity index (χ1n) is 6.73. The Kier molecular flexibility index (Phi) is 3.94. The largest absolute Gasteiger partial charge is 0.479 e. The Morgan fingerprint density at radius 1 is 1.22 bits per heavy atom. The molecule has 5 nitrogen and oxygen atoms in total. The maximum Gasteiger partial charge on any atom is 0.336 e. The number of hydrogen-bond donors (Lipinski definition) is 2. The minimum Gasteiger partial charge on any atom is -0.479 e. The zero-order valence-electron chi connectivity index (χ0n) is 11.0. The number of aliphatic hydroxyl groups is 1. The molecule has 0 unspecified atom stereocenters. The molecule has 0 aromatic heterocycles. The molecule has 2 rings (SSSR count). The smallest absolute Gasteiger partial charge is 0.336 e. The standard InChI is InChI=1S/C13H23NO4/c1-18-13(11(15)16)6-8-14(9-7-13)10-12(17)4-2-3-5-12/h17H,2-10H2,1H3,(H,15,16). The van der Waals surface area contributed by atoms with E-state index in [0.29, 0.717) is 32.5 Å². The van der Waals surface area contributed by atoms with Gasteiger partial charge in [0.25, 0.3) is 0 Å². The summed E-state index contributed by atoms with van der Waals surface area (Å²) in [5.41, 5.74) is -1.56. The van der Waals surface area contributed by atoms with Crippen molar-refractivity contribution in [3.63, 3.8) is 0 Å². The summed E-state index contributed by atoms with van der Waals surface area (Å²) in [6, 6.07) is 0. The molecule has 2 aliphatic rings. The van der Waals surface area contributed by atoms with Gasteiger partial charge in [0.05, 0.1) is 5.60 Å². The number of hydrogen-bond acceptors (Lipinski definition) is 4. The van der Waals surface area contributed by atoms with Crippen LogP contribution in [0.15, 0.2) is 0 Å². The molecule has 1 saturated carbocycles. The Bertz CT molecular complexity index is 304. The number of carbonyl (C=O) groups is 1. The van der Waals surface area contributed by atoms with Gasteiger partial charge in [-0.3, -0.25) is 0 Å². The molecule has 0 radical (unpaired) electrons. The van der Waals surface area contributed by atoms with Gasteiger partial charge in [-0.05, 0) is 25.7 Å². The van der Waals surface area contributed by atoms with Crippen LogP contribution in [0, 0.1) is 0 Å². The maximum absolute atomic E-state index is 11.2. The first-order chi connectivity index (χ1) is 8.50. The molecule has 1 aliphatic heterocycles. The maximum atomic E-state index is 11.2. The van der Waals surface area contributed by atoms with E-state index >= 15 is 0 Å². The second kappa shape index (κ2) is 5.15. The van der Waals surface area contributed by atoms with Crippen LogP contribution in [0.25, 0.3) is 0 Å². The van der Waals surface area contributed by atoms with E-state index in [1.54, 1.807) is 0 Å². The number of likely N-dealkylation sites (tertiary alicyclic amines) is 1. The predicted octanol–water partition coefficient (Wildman–Crippen LogP) is 0.857. The third-order valence-electron chi connectivity index (χ3n) is 4.50. The summed E-state index contributed by atoms with van der Waals surface area (Å²) in [4.78, 5) is 13.4. The van der Waals surface area contributed by atoms with Crippen LogP contribution in [0.5, 0.6) is 0 Å². The fourth-order valence-electron chi connectivity index (χ4n) is 3.19. The number of carboxylic acids is 1. The van der Waals surface area contributed by atoms with Crippen molar-refractivity contribution >= 4 is 5.97 Å². The summed E-state index contributed by atoms with van der Waals surface area (Å²) in [5, 5.41) is 19.6. The van der Waals surface area contributed by atoms with Gasteiger partial charge in [-0.25, -0.2) is 4.79 Å². The van der Waals surface area contributed by atoms with Crippen molar-refractivity contribution in [2.24, 2.45) is 0 Å². The van der Waals surface area contributed by atoms with Crippen LogP contribution in [0.1, 0.15) is 38.5 Å². The van der Waals surface area contributed by atoms with E-state index < -0.39 is 17.2 Å². The number of methoxy groups -OCH3 is 1. The molecule has 2 N–H and O–H groups in total. The van der Waals surface area contributed by atoms with Gasteiger partial charge in [-0.1, -0.05) is 12.8 Å². The third kappa shape index (κ3) is 2.68. The van der Waals surface area contributed by atoms with E-state index in [2.05, 4.69) is 4.90 Å². The SMILES string of the molecule is COC1(C(=O)O)CCN(CC2(O)CCCC2)CC1. The van der Waals surface area contributed by atoms with Crippen LogP contribution in [-0.2, 0) is 9.53 Å². The lowest BCUT2D eigenvalue weighted by atomic mass is 9.90. The second-order valence-electron chi connectivity index (χ2n) is 5.71. The minimum absolute atomic E-state index is 0.495. The summed E-state index contributed by atoms with van der Waals surface area (Å²) < 4.78 is 5.19.